The van der Waals surface area contributed by atoms with Crippen LogP contribution in [0.25, 0.3) is 0 Å². The molecule has 0 amide bonds. The molecule has 2 unspecified atom stereocenters. The van der Waals surface area contributed by atoms with Crippen LogP contribution in [-0.4, -0.2) is 31.1 Å². The van der Waals surface area contributed by atoms with Gasteiger partial charge in [0.2, 0.25) is 0 Å². The molecule has 0 aromatic heterocycles. The number of rotatable bonds is 4. The van der Waals surface area contributed by atoms with Gasteiger partial charge in [-0.2, -0.15) is 0 Å². The van der Waals surface area contributed by atoms with Gasteiger partial charge in [0.05, 0.1) is 5.60 Å². The van der Waals surface area contributed by atoms with E-state index in [0.717, 1.165) is 12.8 Å². The highest BCUT2D eigenvalue weighted by Crippen LogP contribution is 2.41. The minimum Gasteiger partial charge on any atom is -0.467 e. The Balaban J connectivity index is 1.82. The predicted molar refractivity (Wildman–Crippen MR) is 76.6 cm³/mol. The van der Waals surface area contributed by atoms with Crippen LogP contribution in [0.4, 0.5) is 4.39 Å². The summed E-state index contributed by atoms with van der Waals surface area (Å²) in [6.07, 6.45) is 4.42. The lowest BCUT2D eigenvalue weighted by atomic mass is 9.74. The van der Waals surface area contributed by atoms with Gasteiger partial charge in [-0.1, -0.05) is 6.42 Å². The largest absolute Gasteiger partial charge is 0.467 e. The number of piperidine rings is 2. The number of ether oxygens (including phenoxy) is 2. The molecule has 2 heterocycles. The summed E-state index contributed by atoms with van der Waals surface area (Å²) < 4.78 is 24.4. The van der Waals surface area contributed by atoms with Crippen molar-refractivity contribution in [3.8, 4) is 5.75 Å². The molecular weight excluding hydrogens is 273 g/mol. The van der Waals surface area contributed by atoms with Crippen LogP contribution in [0, 0.1) is 5.82 Å². The zero-order valence-electron chi connectivity index (χ0n) is 12.3. The lowest BCUT2D eigenvalue weighted by Gasteiger charge is -2.45. The Morgan fingerprint density at radius 2 is 2.05 bits per heavy atom. The molecule has 5 heteroatoms. The molecule has 1 aromatic rings. The van der Waals surface area contributed by atoms with Gasteiger partial charge in [0, 0.05) is 30.8 Å². The van der Waals surface area contributed by atoms with Gasteiger partial charge >= 0.3 is 0 Å². The van der Waals surface area contributed by atoms with Crippen LogP contribution in [0.5, 0.6) is 5.75 Å². The average molecular weight is 295 g/mol. The summed E-state index contributed by atoms with van der Waals surface area (Å²) in [5.41, 5.74) is -0.698. The molecule has 0 saturated carbocycles. The second kappa shape index (κ2) is 5.91. The second-order valence-corrected chi connectivity index (χ2v) is 6.12. The fourth-order valence-electron chi connectivity index (χ4n) is 3.64. The van der Waals surface area contributed by atoms with E-state index in [4.69, 9.17) is 9.47 Å². The number of fused-ring (bicyclic) bond motifs is 2. The molecule has 2 N–H and O–H groups in total. The van der Waals surface area contributed by atoms with Gasteiger partial charge in [-0.3, -0.25) is 0 Å². The summed E-state index contributed by atoms with van der Waals surface area (Å²) in [5, 5.41) is 14.5. The fourth-order valence-corrected chi connectivity index (χ4v) is 3.64. The van der Waals surface area contributed by atoms with Crippen LogP contribution in [0.2, 0.25) is 0 Å². The first-order valence-corrected chi connectivity index (χ1v) is 7.51. The van der Waals surface area contributed by atoms with Crippen LogP contribution in [0.15, 0.2) is 18.2 Å². The van der Waals surface area contributed by atoms with Gasteiger partial charge < -0.3 is 19.9 Å². The third-order valence-electron chi connectivity index (χ3n) is 4.53. The average Bonchev–Trinajstić information content (AvgIpc) is 2.44. The summed E-state index contributed by atoms with van der Waals surface area (Å²) in [6.45, 7) is 0.0805. The van der Waals surface area contributed by atoms with E-state index in [-0.39, 0.29) is 18.9 Å². The van der Waals surface area contributed by atoms with Crippen LogP contribution >= 0.6 is 0 Å². The Morgan fingerprint density at radius 1 is 1.33 bits per heavy atom. The first-order chi connectivity index (χ1) is 10.1. The van der Waals surface area contributed by atoms with Gasteiger partial charge in [-0.05, 0) is 37.8 Å². The summed E-state index contributed by atoms with van der Waals surface area (Å²) in [7, 11) is 1.52. The summed E-state index contributed by atoms with van der Waals surface area (Å²) >= 11 is 0. The highest BCUT2D eigenvalue weighted by Gasteiger charge is 2.43. The van der Waals surface area contributed by atoms with Gasteiger partial charge in [0.15, 0.2) is 6.79 Å². The van der Waals surface area contributed by atoms with Crippen molar-refractivity contribution in [3.05, 3.63) is 29.6 Å². The molecule has 0 radical (unpaired) electrons. The fraction of sp³-hybridized carbons (Fsp3) is 0.625. The van der Waals surface area contributed by atoms with Crippen molar-refractivity contribution in [1.82, 2.24) is 5.32 Å². The molecular formula is C16H22FNO3. The van der Waals surface area contributed by atoms with Crippen LogP contribution < -0.4 is 10.1 Å². The lowest BCUT2D eigenvalue weighted by molar-refractivity contribution is -0.0384. The van der Waals surface area contributed by atoms with Crippen molar-refractivity contribution in [1.29, 1.82) is 0 Å². The van der Waals surface area contributed by atoms with Crippen molar-refractivity contribution in [2.45, 2.75) is 49.8 Å². The Bertz CT molecular complexity index is 496. The molecule has 2 bridgehead atoms. The molecule has 0 aliphatic carbocycles. The third kappa shape index (κ3) is 3.05. The van der Waals surface area contributed by atoms with E-state index in [1.807, 2.05) is 0 Å². The lowest BCUT2D eigenvalue weighted by Crippen LogP contribution is -2.54. The van der Waals surface area contributed by atoms with Gasteiger partial charge in [-0.15, -0.1) is 0 Å². The number of hydrogen-bond acceptors (Lipinski definition) is 4. The maximum absolute atomic E-state index is 14.4. The first-order valence-electron chi connectivity index (χ1n) is 7.51. The molecule has 2 aliphatic heterocycles. The van der Waals surface area contributed by atoms with E-state index in [0.29, 0.717) is 24.2 Å². The van der Waals surface area contributed by atoms with Crippen molar-refractivity contribution >= 4 is 0 Å². The van der Waals surface area contributed by atoms with Crippen LogP contribution in [0.3, 0.4) is 0 Å². The van der Waals surface area contributed by atoms with E-state index in [1.165, 1.54) is 19.6 Å². The van der Waals surface area contributed by atoms with Crippen LogP contribution in [0.1, 0.15) is 37.7 Å². The molecule has 21 heavy (non-hydrogen) atoms. The quantitative estimate of drug-likeness (QED) is 0.837. The first kappa shape index (κ1) is 14.8. The summed E-state index contributed by atoms with van der Waals surface area (Å²) in [6, 6.07) is 5.22. The molecule has 4 nitrogen and oxygen atoms in total. The molecule has 0 spiro atoms. The maximum Gasteiger partial charge on any atom is 0.188 e. The SMILES string of the molecule is COCOc1ccc(C2(O)CC3CCCC(C2)N3)c(F)c1. The van der Waals surface area contributed by atoms with E-state index >= 15 is 0 Å². The van der Waals surface area contributed by atoms with Crippen molar-refractivity contribution in [2.75, 3.05) is 13.9 Å². The van der Waals surface area contributed by atoms with Crippen molar-refractivity contribution in [2.24, 2.45) is 0 Å². The smallest absolute Gasteiger partial charge is 0.188 e. The highest BCUT2D eigenvalue weighted by molar-refractivity contribution is 5.33. The third-order valence-corrected chi connectivity index (χ3v) is 4.53. The predicted octanol–water partition coefficient (Wildman–Crippen LogP) is 2.30. The zero-order valence-corrected chi connectivity index (χ0v) is 12.3. The normalized spacial score (nSPS) is 32.0. The molecule has 116 valence electrons. The monoisotopic (exact) mass is 295 g/mol. The number of nitrogens with one attached hydrogen (secondary N) is 1. The molecule has 3 rings (SSSR count). The number of methoxy groups -OCH3 is 1. The second-order valence-electron chi connectivity index (χ2n) is 6.12. The van der Waals surface area contributed by atoms with E-state index in [1.54, 1.807) is 12.1 Å². The van der Waals surface area contributed by atoms with E-state index in [2.05, 4.69) is 5.32 Å². The van der Waals surface area contributed by atoms with Gasteiger partial charge in [-0.25, -0.2) is 4.39 Å². The zero-order chi connectivity index (χ0) is 14.9. The highest BCUT2D eigenvalue weighted by atomic mass is 19.1. The van der Waals surface area contributed by atoms with Crippen molar-refractivity contribution in [3.63, 3.8) is 0 Å². The molecule has 2 atom stereocenters. The summed E-state index contributed by atoms with van der Waals surface area (Å²) in [4.78, 5) is 0. The Labute approximate surface area is 124 Å². The number of benzene rings is 1. The number of hydrogen-bond donors (Lipinski definition) is 2. The molecule has 2 aliphatic rings. The van der Waals surface area contributed by atoms with E-state index in [9.17, 15) is 9.50 Å². The molecule has 2 fully saturated rings. The topological polar surface area (TPSA) is 50.7 Å². The Morgan fingerprint density at radius 3 is 2.67 bits per heavy atom. The summed E-state index contributed by atoms with van der Waals surface area (Å²) in [5.74, 6) is 0.00176. The number of halogens is 1. The Hall–Kier alpha value is -1.17. The van der Waals surface area contributed by atoms with Gasteiger partial charge in [0.1, 0.15) is 11.6 Å². The standard InChI is InChI=1S/C16H22FNO3/c1-20-10-21-13-5-6-14(15(17)7-13)16(19)8-11-3-2-4-12(9-16)18-11/h5-7,11-12,18-19H,2-4,8-10H2,1H3. The molecule has 1 aromatic carbocycles. The minimum atomic E-state index is -1.08. The van der Waals surface area contributed by atoms with Crippen LogP contribution in [-0.2, 0) is 10.3 Å². The maximum atomic E-state index is 14.4. The van der Waals surface area contributed by atoms with E-state index < -0.39 is 11.4 Å². The Kier molecular flexibility index (Phi) is 4.15. The van der Waals surface area contributed by atoms with Gasteiger partial charge in [0.25, 0.3) is 0 Å². The van der Waals surface area contributed by atoms with Crippen molar-refractivity contribution < 1.29 is 19.0 Å². The number of aliphatic hydroxyl groups is 1. The molecule has 2 saturated heterocycles. The minimum absolute atomic E-state index is 0.0805.